The van der Waals surface area contributed by atoms with Crippen molar-refractivity contribution in [2.24, 2.45) is 0 Å². The number of hydrogen-bond acceptors (Lipinski definition) is 1. The van der Waals surface area contributed by atoms with E-state index in [-0.39, 0.29) is 5.91 Å². The Morgan fingerprint density at radius 1 is 1.05 bits per heavy atom. The smallest absolute Gasteiger partial charge is 0.262 e. The molecule has 2 aromatic carbocycles. The predicted molar refractivity (Wildman–Crippen MR) is 88.4 cm³/mol. The second-order valence-electron chi connectivity index (χ2n) is 4.02. The van der Waals surface area contributed by atoms with Gasteiger partial charge in [-0.05, 0) is 45.8 Å². The zero-order chi connectivity index (χ0) is 14.5. The Hall–Kier alpha value is -1.29. The van der Waals surface area contributed by atoms with E-state index in [1.165, 1.54) is 0 Å². The first-order valence-electron chi connectivity index (χ1n) is 5.74. The van der Waals surface area contributed by atoms with Crippen LogP contribution in [0.2, 0.25) is 10.0 Å². The van der Waals surface area contributed by atoms with Crippen LogP contribution >= 0.6 is 39.1 Å². The fourth-order valence-corrected chi connectivity index (χ4v) is 2.47. The van der Waals surface area contributed by atoms with Gasteiger partial charge in [0.05, 0.1) is 4.48 Å². The third-order valence-electron chi connectivity index (χ3n) is 2.43. The van der Waals surface area contributed by atoms with Gasteiger partial charge in [-0.3, -0.25) is 4.79 Å². The van der Waals surface area contributed by atoms with Crippen molar-refractivity contribution in [3.05, 3.63) is 68.6 Å². The maximum Gasteiger partial charge on any atom is 0.262 e. The SMILES string of the molecule is O=C(Nc1cc(Cl)cc(Cl)c1)C(Br)=Cc1ccccc1. The molecule has 0 aliphatic heterocycles. The molecule has 2 rings (SSSR count). The molecule has 0 bridgehead atoms. The Balaban J connectivity index is 2.13. The Kier molecular flexibility index (Phi) is 5.24. The summed E-state index contributed by atoms with van der Waals surface area (Å²) in [7, 11) is 0. The lowest BCUT2D eigenvalue weighted by Gasteiger charge is -2.06. The van der Waals surface area contributed by atoms with Gasteiger partial charge in [0.2, 0.25) is 0 Å². The van der Waals surface area contributed by atoms with Crippen molar-refractivity contribution in [2.75, 3.05) is 5.32 Å². The van der Waals surface area contributed by atoms with E-state index in [1.807, 2.05) is 30.3 Å². The Bertz CT molecular complexity index is 636. The van der Waals surface area contributed by atoms with Crippen molar-refractivity contribution in [1.29, 1.82) is 0 Å². The zero-order valence-corrected chi connectivity index (χ0v) is 13.3. The third-order valence-corrected chi connectivity index (χ3v) is 3.46. The Morgan fingerprint density at radius 2 is 1.65 bits per heavy atom. The first-order valence-corrected chi connectivity index (χ1v) is 7.29. The van der Waals surface area contributed by atoms with Crippen LogP contribution in [0.25, 0.3) is 6.08 Å². The van der Waals surface area contributed by atoms with Gasteiger partial charge in [0.1, 0.15) is 0 Å². The average molecular weight is 371 g/mol. The predicted octanol–water partition coefficient (Wildman–Crippen LogP) is 5.37. The number of carbonyl (C=O) groups is 1. The van der Waals surface area contributed by atoms with E-state index in [1.54, 1.807) is 24.3 Å². The molecule has 1 amide bonds. The van der Waals surface area contributed by atoms with Gasteiger partial charge in [0, 0.05) is 15.7 Å². The summed E-state index contributed by atoms with van der Waals surface area (Å²) in [5, 5.41) is 3.66. The van der Waals surface area contributed by atoms with E-state index in [0.29, 0.717) is 20.2 Å². The minimum Gasteiger partial charge on any atom is -0.321 e. The molecule has 1 N–H and O–H groups in total. The number of hydrogen-bond donors (Lipinski definition) is 1. The highest BCUT2D eigenvalue weighted by Crippen LogP contribution is 2.23. The van der Waals surface area contributed by atoms with E-state index in [2.05, 4.69) is 21.2 Å². The molecule has 0 heterocycles. The van der Waals surface area contributed by atoms with Crippen LogP contribution in [0.4, 0.5) is 5.69 Å². The number of halogens is 3. The van der Waals surface area contributed by atoms with Crippen molar-refractivity contribution >= 4 is 56.8 Å². The van der Waals surface area contributed by atoms with Gasteiger partial charge in [-0.25, -0.2) is 0 Å². The molecule has 0 unspecified atom stereocenters. The van der Waals surface area contributed by atoms with Crippen molar-refractivity contribution in [3.63, 3.8) is 0 Å². The summed E-state index contributed by atoms with van der Waals surface area (Å²) in [6.07, 6.45) is 1.74. The summed E-state index contributed by atoms with van der Waals surface area (Å²) in [5.74, 6) is -0.271. The number of anilines is 1. The normalized spacial score (nSPS) is 11.2. The molecule has 0 fully saturated rings. The molecule has 0 saturated heterocycles. The first kappa shape index (κ1) is 15.1. The second-order valence-corrected chi connectivity index (χ2v) is 5.74. The highest BCUT2D eigenvalue weighted by Gasteiger charge is 2.08. The van der Waals surface area contributed by atoms with E-state index < -0.39 is 0 Å². The second kappa shape index (κ2) is 6.93. The molecular weight excluding hydrogens is 361 g/mol. The highest BCUT2D eigenvalue weighted by atomic mass is 79.9. The molecule has 0 aromatic heterocycles. The van der Waals surface area contributed by atoms with Crippen LogP contribution < -0.4 is 5.32 Å². The summed E-state index contributed by atoms with van der Waals surface area (Å²) in [4.78, 5) is 12.0. The summed E-state index contributed by atoms with van der Waals surface area (Å²) in [5.41, 5.74) is 1.48. The summed E-state index contributed by atoms with van der Waals surface area (Å²) < 4.78 is 0.416. The third kappa shape index (κ3) is 4.37. The standard InChI is InChI=1S/C15H10BrCl2NO/c16-14(6-10-4-2-1-3-5-10)15(20)19-13-8-11(17)7-12(18)9-13/h1-9H,(H,19,20). The lowest BCUT2D eigenvalue weighted by atomic mass is 10.2. The lowest BCUT2D eigenvalue weighted by molar-refractivity contribution is -0.112. The topological polar surface area (TPSA) is 29.1 Å². The monoisotopic (exact) mass is 369 g/mol. The van der Waals surface area contributed by atoms with Gasteiger partial charge in [-0.2, -0.15) is 0 Å². The van der Waals surface area contributed by atoms with Crippen LogP contribution in [0.3, 0.4) is 0 Å². The van der Waals surface area contributed by atoms with Crippen molar-refractivity contribution in [3.8, 4) is 0 Å². The van der Waals surface area contributed by atoms with Gasteiger partial charge >= 0.3 is 0 Å². The van der Waals surface area contributed by atoms with Crippen LogP contribution in [-0.4, -0.2) is 5.91 Å². The van der Waals surface area contributed by atoms with Crippen LogP contribution in [0, 0.1) is 0 Å². The van der Waals surface area contributed by atoms with Crippen LogP contribution in [-0.2, 0) is 4.79 Å². The molecule has 0 saturated carbocycles. The molecule has 2 aromatic rings. The fraction of sp³-hybridized carbons (Fsp3) is 0. The van der Waals surface area contributed by atoms with Gasteiger partial charge < -0.3 is 5.32 Å². The number of nitrogens with one attached hydrogen (secondary N) is 1. The highest BCUT2D eigenvalue weighted by molar-refractivity contribution is 9.12. The molecule has 102 valence electrons. The number of amides is 1. The quantitative estimate of drug-likeness (QED) is 0.723. The largest absolute Gasteiger partial charge is 0.321 e. The minimum absolute atomic E-state index is 0.271. The number of rotatable bonds is 3. The number of benzene rings is 2. The van der Waals surface area contributed by atoms with E-state index in [9.17, 15) is 4.79 Å². The van der Waals surface area contributed by atoms with Gasteiger partial charge in [0.25, 0.3) is 5.91 Å². The molecule has 0 aliphatic carbocycles. The fourth-order valence-electron chi connectivity index (χ4n) is 1.58. The molecule has 5 heteroatoms. The molecular formula is C15H10BrCl2NO. The molecule has 0 aliphatic rings. The maximum absolute atomic E-state index is 12.0. The molecule has 0 radical (unpaired) electrons. The summed E-state index contributed by atoms with van der Waals surface area (Å²) in [6.45, 7) is 0. The summed E-state index contributed by atoms with van der Waals surface area (Å²) >= 11 is 15.0. The van der Waals surface area contributed by atoms with E-state index >= 15 is 0 Å². The van der Waals surface area contributed by atoms with Crippen molar-refractivity contribution in [2.45, 2.75) is 0 Å². The minimum atomic E-state index is -0.271. The van der Waals surface area contributed by atoms with Crippen molar-refractivity contribution in [1.82, 2.24) is 0 Å². The van der Waals surface area contributed by atoms with Crippen LogP contribution in [0.5, 0.6) is 0 Å². The van der Waals surface area contributed by atoms with Crippen molar-refractivity contribution < 1.29 is 4.79 Å². The van der Waals surface area contributed by atoms with Crippen LogP contribution in [0.1, 0.15) is 5.56 Å². The molecule has 0 atom stereocenters. The van der Waals surface area contributed by atoms with E-state index in [0.717, 1.165) is 5.56 Å². The van der Waals surface area contributed by atoms with Crippen LogP contribution in [0.15, 0.2) is 53.0 Å². The Morgan fingerprint density at radius 3 is 2.25 bits per heavy atom. The maximum atomic E-state index is 12.0. The average Bonchev–Trinajstić information content (AvgIpc) is 2.38. The summed E-state index contributed by atoms with van der Waals surface area (Å²) in [6, 6.07) is 14.4. The molecule has 0 spiro atoms. The van der Waals surface area contributed by atoms with Gasteiger partial charge in [-0.15, -0.1) is 0 Å². The molecule has 2 nitrogen and oxygen atoms in total. The van der Waals surface area contributed by atoms with E-state index in [4.69, 9.17) is 23.2 Å². The first-order chi connectivity index (χ1) is 9.54. The molecule has 20 heavy (non-hydrogen) atoms. The van der Waals surface area contributed by atoms with Gasteiger partial charge in [-0.1, -0.05) is 53.5 Å². The lowest BCUT2D eigenvalue weighted by Crippen LogP contribution is -2.11. The zero-order valence-electron chi connectivity index (χ0n) is 10.2. The number of carbonyl (C=O) groups excluding carboxylic acids is 1. The Labute approximate surface area is 135 Å². The van der Waals surface area contributed by atoms with Gasteiger partial charge in [0.15, 0.2) is 0 Å².